The van der Waals surface area contributed by atoms with Crippen LogP contribution in [0, 0.1) is 6.92 Å². The zero-order chi connectivity index (χ0) is 31.0. The van der Waals surface area contributed by atoms with E-state index in [2.05, 4.69) is 25.7 Å². The Bertz CT molecular complexity index is 1570. The van der Waals surface area contributed by atoms with Crippen LogP contribution >= 0.6 is 0 Å². The Morgan fingerprint density at radius 1 is 1.00 bits per heavy atom. The second kappa shape index (κ2) is 12.3. The molecule has 0 aliphatic carbocycles. The molecule has 7 rings (SSSR count). The van der Waals surface area contributed by atoms with Gasteiger partial charge < -0.3 is 30.1 Å². The fourth-order valence-corrected chi connectivity index (χ4v) is 7.87. The number of nitrogens with one attached hydrogen (secondary N) is 3. The van der Waals surface area contributed by atoms with Crippen molar-refractivity contribution < 1.29 is 19.1 Å². The fraction of sp³-hybridized carbons (Fsp3) is 0.529. The monoisotopic (exact) mass is 613 g/mol. The minimum absolute atomic E-state index is 0.126. The molecule has 2 aromatic carbocycles. The van der Waals surface area contributed by atoms with Crippen molar-refractivity contribution in [2.24, 2.45) is 0 Å². The predicted octanol–water partition coefficient (Wildman–Crippen LogP) is 4.52. The minimum atomic E-state index is -0.928. The average molecular weight is 614 g/mol. The van der Waals surface area contributed by atoms with Gasteiger partial charge in [0.1, 0.15) is 0 Å². The lowest BCUT2D eigenvalue weighted by atomic mass is 9.79. The number of nitrogens with zero attached hydrogens (tertiary/aromatic N) is 4. The molecule has 11 heteroatoms. The summed E-state index contributed by atoms with van der Waals surface area (Å²) < 4.78 is 6.11. The number of H-pyrrole nitrogens is 1. The maximum Gasteiger partial charge on any atom is 0.410 e. The highest BCUT2D eigenvalue weighted by molar-refractivity contribution is 5.94. The van der Waals surface area contributed by atoms with Crippen LogP contribution in [0.15, 0.2) is 42.6 Å². The molecule has 1 unspecified atom stereocenters. The summed E-state index contributed by atoms with van der Waals surface area (Å²) in [5.74, 6) is -0.126. The predicted molar refractivity (Wildman–Crippen MR) is 171 cm³/mol. The molecular weight excluding hydrogens is 570 g/mol. The van der Waals surface area contributed by atoms with Gasteiger partial charge in [0.15, 0.2) is 6.10 Å². The molecule has 3 aromatic rings. The summed E-state index contributed by atoms with van der Waals surface area (Å²) in [6.07, 6.45) is 7.50. The number of urea groups is 1. The first-order chi connectivity index (χ1) is 21.9. The normalized spacial score (nSPS) is 21.2. The zero-order valence-electron chi connectivity index (χ0n) is 26.0. The second-order valence-corrected chi connectivity index (χ2v) is 13.2. The van der Waals surface area contributed by atoms with Gasteiger partial charge in [0, 0.05) is 55.3 Å². The second-order valence-electron chi connectivity index (χ2n) is 13.2. The number of carbonyl (C=O) groups is 3. The Morgan fingerprint density at radius 3 is 2.53 bits per heavy atom. The van der Waals surface area contributed by atoms with Crippen LogP contribution in [-0.2, 0) is 21.5 Å². The smallest absolute Gasteiger partial charge is 0.410 e. The van der Waals surface area contributed by atoms with Crippen LogP contribution in [0.1, 0.15) is 61.6 Å². The third-order valence-electron chi connectivity index (χ3n) is 10.3. The van der Waals surface area contributed by atoms with Crippen LogP contribution in [0.2, 0.25) is 0 Å². The van der Waals surface area contributed by atoms with Gasteiger partial charge >= 0.3 is 12.1 Å². The zero-order valence-corrected chi connectivity index (χ0v) is 26.0. The lowest BCUT2D eigenvalue weighted by molar-refractivity contribution is -0.142. The standard InChI is InChI=1S/C34H43N7O4/c1-23-19-24(20-25-22-35-38-30(23)25)21-29(31(42)40-15-9-26(10-16-40)39-13-5-2-6-14-39)45-33(44)41-17-11-34(12-18-41)27-7-3-4-8-28(27)36-32(43)37-34/h3-4,7-8,19-20,22,26,29H,2,5-6,9-18,21H2,1H3,(H,35,38)(H2,36,37,43). The molecule has 238 valence electrons. The van der Waals surface area contributed by atoms with Crippen molar-refractivity contribution in [2.45, 2.75) is 76.0 Å². The van der Waals surface area contributed by atoms with Crippen LogP contribution < -0.4 is 10.6 Å². The third-order valence-corrected chi connectivity index (χ3v) is 10.3. The first-order valence-corrected chi connectivity index (χ1v) is 16.5. The molecule has 0 bridgehead atoms. The van der Waals surface area contributed by atoms with Gasteiger partial charge in [-0.3, -0.25) is 9.89 Å². The van der Waals surface area contributed by atoms with Gasteiger partial charge in [-0.25, -0.2) is 9.59 Å². The molecule has 1 aromatic heterocycles. The lowest BCUT2D eigenvalue weighted by Gasteiger charge is -2.45. The van der Waals surface area contributed by atoms with E-state index in [9.17, 15) is 14.4 Å². The van der Waals surface area contributed by atoms with Crippen molar-refractivity contribution in [3.05, 3.63) is 59.3 Å². The van der Waals surface area contributed by atoms with Gasteiger partial charge in [0.25, 0.3) is 5.91 Å². The van der Waals surface area contributed by atoms with Gasteiger partial charge in [-0.05, 0) is 81.8 Å². The number of hydrogen-bond donors (Lipinski definition) is 3. The van der Waals surface area contributed by atoms with E-state index in [0.29, 0.717) is 51.5 Å². The SMILES string of the molecule is Cc1cc(CC(OC(=O)N2CCC3(CC2)NC(=O)Nc2ccccc23)C(=O)N2CCC(N3CCCCC3)CC2)cc2cn[nH]c12. The number of para-hydroxylation sites is 1. The number of aromatic nitrogens is 2. The van der Waals surface area contributed by atoms with Gasteiger partial charge in [-0.1, -0.05) is 30.7 Å². The first-order valence-electron chi connectivity index (χ1n) is 16.5. The number of aryl methyl sites for hydroxylation is 1. The van der Waals surface area contributed by atoms with E-state index in [1.165, 1.54) is 19.3 Å². The number of benzene rings is 2. The first kappa shape index (κ1) is 29.6. The summed E-state index contributed by atoms with van der Waals surface area (Å²) in [4.78, 5) is 46.4. The van der Waals surface area contributed by atoms with E-state index < -0.39 is 17.7 Å². The summed E-state index contributed by atoms with van der Waals surface area (Å²) in [5.41, 5.74) is 4.22. The van der Waals surface area contributed by atoms with E-state index in [-0.39, 0.29) is 11.9 Å². The van der Waals surface area contributed by atoms with E-state index in [4.69, 9.17) is 4.74 Å². The van der Waals surface area contributed by atoms with Crippen LogP contribution in [0.25, 0.3) is 10.9 Å². The van der Waals surface area contributed by atoms with Crippen molar-refractivity contribution in [3.63, 3.8) is 0 Å². The topological polar surface area (TPSA) is 123 Å². The third kappa shape index (κ3) is 5.97. The number of aromatic amines is 1. The minimum Gasteiger partial charge on any atom is -0.436 e. The summed E-state index contributed by atoms with van der Waals surface area (Å²) >= 11 is 0. The van der Waals surface area contributed by atoms with Crippen LogP contribution in [0.4, 0.5) is 15.3 Å². The summed E-state index contributed by atoms with van der Waals surface area (Å²) in [7, 11) is 0. The molecule has 4 aliphatic rings. The largest absolute Gasteiger partial charge is 0.436 e. The van der Waals surface area contributed by atoms with E-state index in [0.717, 1.165) is 59.2 Å². The molecule has 5 heterocycles. The fourth-order valence-electron chi connectivity index (χ4n) is 7.87. The molecule has 1 atom stereocenters. The Kier molecular flexibility index (Phi) is 8.12. The van der Waals surface area contributed by atoms with Gasteiger partial charge in [-0.15, -0.1) is 0 Å². The molecule has 3 N–H and O–H groups in total. The van der Waals surface area contributed by atoms with Crippen molar-refractivity contribution in [1.29, 1.82) is 0 Å². The Morgan fingerprint density at radius 2 is 1.76 bits per heavy atom. The van der Waals surface area contributed by atoms with E-state index in [1.54, 1.807) is 11.1 Å². The highest BCUT2D eigenvalue weighted by atomic mass is 16.6. The van der Waals surface area contributed by atoms with Crippen LogP contribution in [0.3, 0.4) is 0 Å². The molecule has 11 nitrogen and oxygen atoms in total. The number of hydrogen-bond acceptors (Lipinski definition) is 6. The maximum absolute atomic E-state index is 14.1. The number of carbonyl (C=O) groups excluding carboxylic acids is 3. The Balaban J connectivity index is 1.05. The van der Waals surface area contributed by atoms with Crippen molar-refractivity contribution >= 4 is 34.6 Å². The molecule has 4 amide bonds. The summed E-state index contributed by atoms with van der Waals surface area (Å²) in [5, 5.41) is 14.2. The van der Waals surface area contributed by atoms with E-state index >= 15 is 0 Å². The molecule has 45 heavy (non-hydrogen) atoms. The van der Waals surface area contributed by atoms with Gasteiger partial charge in [0.05, 0.1) is 17.3 Å². The molecule has 4 aliphatic heterocycles. The average Bonchev–Trinajstić information content (AvgIpc) is 3.54. The van der Waals surface area contributed by atoms with Crippen molar-refractivity contribution in [3.8, 4) is 0 Å². The molecule has 1 spiro atoms. The molecule has 0 radical (unpaired) electrons. The summed E-state index contributed by atoms with van der Waals surface area (Å²) in [6.45, 7) is 6.49. The van der Waals surface area contributed by atoms with E-state index in [1.807, 2.05) is 48.2 Å². The number of likely N-dealkylation sites (tertiary alicyclic amines) is 3. The van der Waals surface area contributed by atoms with Crippen molar-refractivity contribution in [2.75, 3.05) is 44.6 Å². The van der Waals surface area contributed by atoms with Gasteiger partial charge in [0.2, 0.25) is 0 Å². The Hall–Kier alpha value is -4.12. The molecule has 3 saturated heterocycles. The number of fused-ring (bicyclic) bond motifs is 3. The molecular formula is C34H43N7O4. The molecule has 0 saturated carbocycles. The highest BCUT2D eigenvalue weighted by Crippen LogP contribution is 2.39. The Labute approximate surface area is 263 Å². The lowest BCUT2D eigenvalue weighted by Crippen LogP contribution is -2.58. The van der Waals surface area contributed by atoms with Crippen LogP contribution in [0.5, 0.6) is 0 Å². The quantitative estimate of drug-likeness (QED) is 0.389. The molecule has 3 fully saturated rings. The van der Waals surface area contributed by atoms with Gasteiger partial charge in [-0.2, -0.15) is 5.10 Å². The maximum atomic E-state index is 14.1. The number of ether oxygens (including phenoxy) is 1. The van der Waals surface area contributed by atoms with Crippen molar-refractivity contribution in [1.82, 2.24) is 30.2 Å². The number of anilines is 1. The number of amides is 4. The number of rotatable bonds is 5. The summed E-state index contributed by atoms with van der Waals surface area (Å²) in [6, 6.07) is 12.1. The highest BCUT2D eigenvalue weighted by Gasteiger charge is 2.43. The van der Waals surface area contributed by atoms with Crippen LogP contribution in [-0.4, -0.2) is 94.3 Å². The number of piperidine rings is 3.